The molecule has 1 aromatic carbocycles. The minimum Gasteiger partial charge on any atom is -0.309 e. The summed E-state index contributed by atoms with van der Waals surface area (Å²) in [6.45, 7) is 4.33. The summed E-state index contributed by atoms with van der Waals surface area (Å²) in [5.74, 6) is -0.516. The maximum atomic E-state index is 13.4. The summed E-state index contributed by atoms with van der Waals surface area (Å²) in [6.07, 6.45) is 2.34. The van der Waals surface area contributed by atoms with Gasteiger partial charge >= 0.3 is 0 Å². The molecule has 2 heterocycles. The topological polar surface area (TPSA) is 74.5 Å². The molecular formula is C22H24N4O2. The molecule has 1 aliphatic carbocycles. The molecule has 28 heavy (non-hydrogen) atoms. The van der Waals surface area contributed by atoms with Crippen LogP contribution in [0.4, 0.5) is 0 Å². The molecule has 2 atom stereocenters. The maximum Gasteiger partial charge on any atom is 0.187 e. The van der Waals surface area contributed by atoms with E-state index in [1.165, 1.54) is 0 Å². The number of Topliss-reactive ketones (excluding diaryl/α,β-unsaturated/α-hetero) is 2. The minimum absolute atomic E-state index is 0.0167. The highest BCUT2D eigenvalue weighted by molar-refractivity contribution is 6.52. The van der Waals surface area contributed by atoms with Gasteiger partial charge in [-0.2, -0.15) is 0 Å². The summed E-state index contributed by atoms with van der Waals surface area (Å²) >= 11 is 0. The molecule has 0 radical (unpaired) electrons. The van der Waals surface area contributed by atoms with Gasteiger partial charge in [-0.1, -0.05) is 30.3 Å². The van der Waals surface area contributed by atoms with Gasteiger partial charge in [0, 0.05) is 23.3 Å². The van der Waals surface area contributed by atoms with E-state index in [2.05, 4.69) is 15.0 Å². The number of hydrogen-bond acceptors (Lipinski definition) is 6. The fourth-order valence-electron chi connectivity index (χ4n) is 3.96. The second-order valence-corrected chi connectivity index (χ2v) is 8.29. The number of carbonyl (C=O) groups excluding carboxylic acids is 2. The lowest BCUT2D eigenvalue weighted by Crippen LogP contribution is -2.50. The lowest BCUT2D eigenvalue weighted by Gasteiger charge is -2.37. The summed E-state index contributed by atoms with van der Waals surface area (Å²) in [5.41, 5.74) is 1.64. The average Bonchev–Trinajstić information content (AvgIpc) is 3.11. The van der Waals surface area contributed by atoms with Gasteiger partial charge in [0.2, 0.25) is 0 Å². The maximum absolute atomic E-state index is 13.4. The third-order valence-electron chi connectivity index (χ3n) is 5.57. The van der Waals surface area contributed by atoms with Crippen LogP contribution in [-0.4, -0.2) is 60.4 Å². The van der Waals surface area contributed by atoms with Gasteiger partial charge < -0.3 is 4.90 Å². The van der Waals surface area contributed by atoms with Crippen LogP contribution in [0.1, 0.15) is 25.8 Å². The van der Waals surface area contributed by atoms with Crippen molar-refractivity contribution < 1.29 is 9.59 Å². The number of benzene rings is 1. The highest BCUT2D eigenvalue weighted by Gasteiger charge is 2.50. The van der Waals surface area contributed by atoms with Gasteiger partial charge in [0.05, 0.1) is 5.92 Å². The smallest absolute Gasteiger partial charge is 0.187 e. The molecule has 0 fully saturated rings. The second kappa shape index (κ2) is 6.71. The van der Waals surface area contributed by atoms with Crippen molar-refractivity contribution in [3.8, 4) is 0 Å². The molecule has 2 aliphatic heterocycles. The van der Waals surface area contributed by atoms with Gasteiger partial charge in [-0.15, -0.1) is 0 Å². The number of hydrogen-bond donors (Lipinski definition) is 0. The molecule has 0 N–H and O–H groups in total. The van der Waals surface area contributed by atoms with Crippen molar-refractivity contribution in [1.29, 1.82) is 0 Å². The third kappa shape index (κ3) is 2.98. The quantitative estimate of drug-likeness (QED) is 0.809. The normalized spacial score (nSPS) is 25.6. The number of carbonyl (C=O) groups is 2. The van der Waals surface area contributed by atoms with Crippen molar-refractivity contribution in [2.75, 3.05) is 20.6 Å². The Hall–Kier alpha value is -2.73. The first-order valence-corrected chi connectivity index (χ1v) is 9.55. The van der Waals surface area contributed by atoms with Gasteiger partial charge in [0.25, 0.3) is 0 Å². The fourth-order valence-corrected chi connectivity index (χ4v) is 3.96. The van der Waals surface area contributed by atoms with Crippen LogP contribution in [0.5, 0.6) is 0 Å². The molecule has 144 valence electrons. The van der Waals surface area contributed by atoms with Crippen LogP contribution >= 0.6 is 0 Å². The summed E-state index contributed by atoms with van der Waals surface area (Å²) in [6, 6.07) is 9.58. The van der Waals surface area contributed by atoms with Crippen LogP contribution in [0.15, 0.2) is 56.6 Å². The van der Waals surface area contributed by atoms with E-state index in [1.54, 1.807) is 20.1 Å². The minimum atomic E-state index is -0.829. The standard InChI is InChI=1S/C22H24N4O2/c1-22(2)20(28)16-14(10-11-26(3)4)19(27)18-17(15(16)12-23-22)24-21(25-18)13-8-6-5-7-9-13/h5-9,12,14,16H,10-11H2,1-4H3. The lowest BCUT2D eigenvalue weighted by atomic mass is 9.67. The molecular weight excluding hydrogens is 352 g/mol. The Morgan fingerprint density at radius 1 is 1.07 bits per heavy atom. The fraction of sp³-hybridized carbons (Fsp3) is 0.409. The predicted octanol–water partition coefficient (Wildman–Crippen LogP) is 2.34. The van der Waals surface area contributed by atoms with E-state index >= 15 is 0 Å². The summed E-state index contributed by atoms with van der Waals surface area (Å²) < 4.78 is 0. The van der Waals surface area contributed by atoms with Gasteiger partial charge in [-0.3, -0.25) is 14.6 Å². The van der Waals surface area contributed by atoms with Gasteiger partial charge in [-0.05, 0) is 40.9 Å². The molecule has 0 saturated heterocycles. The summed E-state index contributed by atoms with van der Waals surface area (Å²) in [7, 11) is 3.93. The molecule has 3 aliphatic rings. The Morgan fingerprint density at radius 3 is 2.46 bits per heavy atom. The van der Waals surface area contributed by atoms with Crippen molar-refractivity contribution in [2.24, 2.45) is 26.8 Å². The lowest BCUT2D eigenvalue weighted by molar-refractivity contribution is -0.131. The number of aliphatic imine (C=N–C) groups is 3. The molecule has 4 rings (SSSR count). The van der Waals surface area contributed by atoms with Crippen LogP contribution in [0.2, 0.25) is 0 Å². The number of nitrogens with zero attached hydrogens (tertiary/aromatic N) is 4. The van der Waals surface area contributed by atoms with Crippen molar-refractivity contribution in [1.82, 2.24) is 4.90 Å². The van der Waals surface area contributed by atoms with E-state index < -0.39 is 17.4 Å². The highest BCUT2D eigenvalue weighted by Crippen LogP contribution is 2.41. The largest absolute Gasteiger partial charge is 0.309 e. The first-order valence-electron chi connectivity index (χ1n) is 9.55. The molecule has 0 saturated carbocycles. The van der Waals surface area contributed by atoms with Crippen molar-refractivity contribution in [3.05, 3.63) is 47.2 Å². The van der Waals surface area contributed by atoms with Crippen molar-refractivity contribution in [3.63, 3.8) is 0 Å². The molecule has 0 spiro atoms. The number of ketones is 2. The Balaban J connectivity index is 1.85. The molecule has 0 aromatic heterocycles. The number of rotatable bonds is 4. The zero-order valence-electron chi connectivity index (χ0n) is 16.6. The van der Waals surface area contributed by atoms with E-state index in [0.717, 1.165) is 17.7 Å². The van der Waals surface area contributed by atoms with Gasteiger partial charge in [0.15, 0.2) is 17.4 Å². The molecule has 2 unspecified atom stereocenters. The van der Waals surface area contributed by atoms with E-state index in [-0.39, 0.29) is 11.6 Å². The number of allylic oxidation sites excluding steroid dienone is 2. The van der Waals surface area contributed by atoms with Gasteiger partial charge in [0.1, 0.15) is 16.9 Å². The zero-order valence-corrected chi connectivity index (χ0v) is 16.6. The molecule has 0 bridgehead atoms. The Bertz CT molecular complexity index is 968. The van der Waals surface area contributed by atoms with Gasteiger partial charge in [-0.25, -0.2) is 9.98 Å². The summed E-state index contributed by atoms with van der Waals surface area (Å²) in [4.78, 5) is 42.3. The Morgan fingerprint density at radius 2 is 1.79 bits per heavy atom. The van der Waals surface area contributed by atoms with Crippen molar-refractivity contribution in [2.45, 2.75) is 25.8 Å². The van der Waals surface area contributed by atoms with Crippen LogP contribution in [0, 0.1) is 11.8 Å². The van der Waals surface area contributed by atoms with Crippen molar-refractivity contribution >= 4 is 29.3 Å². The van der Waals surface area contributed by atoms with Crippen LogP contribution in [0.25, 0.3) is 0 Å². The third-order valence-corrected chi connectivity index (χ3v) is 5.57. The average molecular weight is 376 g/mol. The highest BCUT2D eigenvalue weighted by atomic mass is 16.1. The first kappa shape index (κ1) is 18.6. The number of fused-ring (bicyclic) bond motifs is 2. The van der Waals surface area contributed by atoms with E-state index in [4.69, 9.17) is 0 Å². The SMILES string of the molecule is CN(C)CCC1C(=O)C2=NC(c3ccccc3)=NC2=C2C=NC(C)(C)C(=O)C21. The second-order valence-electron chi connectivity index (χ2n) is 8.29. The summed E-state index contributed by atoms with van der Waals surface area (Å²) in [5, 5.41) is 0. The first-order chi connectivity index (χ1) is 13.3. The van der Waals surface area contributed by atoms with Crippen LogP contribution < -0.4 is 0 Å². The Labute approximate surface area is 164 Å². The number of amidine groups is 1. The van der Waals surface area contributed by atoms with E-state index in [1.807, 2.05) is 49.3 Å². The molecule has 6 nitrogen and oxygen atoms in total. The Kier molecular flexibility index (Phi) is 4.46. The molecule has 0 amide bonds. The van der Waals surface area contributed by atoms with Crippen LogP contribution in [-0.2, 0) is 9.59 Å². The molecule has 1 aromatic rings. The predicted molar refractivity (Wildman–Crippen MR) is 110 cm³/mol. The molecule has 6 heteroatoms. The van der Waals surface area contributed by atoms with Crippen LogP contribution in [0.3, 0.4) is 0 Å². The monoisotopic (exact) mass is 376 g/mol. The van der Waals surface area contributed by atoms with E-state index in [0.29, 0.717) is 23.7 Å². The zero-order chi connectivity index (χ0) is 20.1. The van der Waals surface area contributed by atoms with E-state index in [9.17, 15) is 9.59 Å².